The smallest absolute Gasteiger partial charge is 0.200 e. The van der Waals surface area contributed by atoms with E-state index < -0.39 is 0 Å². The van der Waals surface area contributed by atoms with E-state index in [4.69, 9.17) is 16.3 Å². The molecule has 4 rings (SSSR count). The van der Waals surface area contributed by atoms with Crippen LogP contribution < -0.4 is 4.74 Å². The second-order valence-electron chi connectivity index (χ2n) is 8.09. The number of rotatable bonds is 8. The van der Waals surface area contributed by atoms with Crippen molar-refractivity contribution in [2.75, 3.05) is 20.6 Å². The van der Waals surface area contributed by atoms with E-state index in [2.05, 4.69) is 25.1 Å². The van der Waals surface area contributed by atoms with E-state index in [0.717, 1.165) is 41.8 Å². The van der Waals surface area contributed by atoms with Crippen LogP contribution in [0.4, 0.5) is 0 Å². The van der Waals surface area contributed by atoms with E-state index in [1.54, 1.807) is 0 Å². The first-order valence-electron chi connectivity index (χ1n) is 10.5. The molecule has 1 N–H and O–H groups in total. The van der Waals surface area contributed by atoms with Gasteiger partial charge in [-0.05, 0) is 81.0 Å². The highest BCUT2D eigenvalue weighted by molar-refractivity contribution is 6.36. The molecule has 0 spiro atoms. The molecule has 3 aromatic carbocycles. The summed E-state index contributed by atoms with van der Waals surface area (Å²) >= 11 is 6.52. The molecule has 1 aromatic heterocycles. The minimum atomic E-state index is 0.199. The molecule has 0 aliphatic heterocycles. The number of halogens is 1. The lowest BCUT2D eigenvalue weighted by atomic mass is 10.1. The van der Waals surface area contributed by atoms with Crippen LogP contribution in [0.5, 0.6) is 17.4 Å². The van der Waals surface area contributed by atoms with Gasteiger partial charge in [0, 0.05) is 11.6 Å². The predicted molar refractivity (Wildman–Crippen MR) is 128 cm³/mol. The SMILES string of the molecule is CN(C)CCCc1cc(Cl)c2c(O)n(Cc3ccc(Oc4ccccc4)cc3)cc2c1. The van der Waals surface area contributed by atoms with E-state index in [-0.39, 0.29) is 5.88 Å². The van der Waals surface area contributed by atoms with Crippen molar-refractivity contribution in [1.29, 1.82) is 0 Å². The Labute approximate surface area is 188 Å². The van der Waals surface area contributed by atoms with Gasteiger partial charge in [0.1, 0.15) is 11.5 Å². The van der Waals surface area contributed by atoms with Crippen LogP contribution in [0.2, 0.25) is 5.02 Å². The molecular weight excluding hydrogens is 408 g/mol. The van der Waals surface area contributed by atoms with Crippen LogP contribution in [0, 0.1) is 0 Å². The molecule has 0 unspecified atom stereocenters. The summed E-state index contributed by atoms with van der Waals surface area (Å²) in [5.41, 5.74) is 2.26. The third kappa shape index (κ3) is 5.22. The first kappa shape index (κ1) is 21.3. The van der Waals surface area contributed by atoms with Crippen molar-refractivity contribution in [3.63, 3.8) is 0 Å². The minimum Gasteiger partial charge on any atom is -0.494 e. The molecule has 160 valence electrons. The number of ether oxygens (including phenoxy) is 1. The Hall–Kier alpha value is -2.95. The zero-order valence-electron chi connectivity index (χ0n) is 17.9. The molecule has 0 aliphatic rings. The van der Waals surface area contributed by atoms with E-state index in [1.807, 2.05) is 71.4 Å². The number of para-hydroxylation sites is 1. The van der Waals surface area contributed by atoms with Crippen molar-refractivity contribution in [2.24, 2.45) is 0 Å². The molecule has 4 nitrogen and oxygen atoms in total. The molecule has 0 fully saturated rings. The Morgan fingerprint density at radius 3 is 2.35 bits per heavy atom. The largest absolute Gasteiger partial charge is 0.494 e. The molecule has 0 radical (unpaired) electrons. The van der Waals surface area contributed by atoms with Crippen LogP contribution in [-0.2, 0) is 13.0 Å². The Bertz CT molecular complexity index is 1150. The molecule has 0 bridgehead atoms. The Balaban J connectivity index is 1.50. The third-order valence-electron chi connectivity index (χ3n) is 5.30. The van der Waals surface area contributed by atoms with Gasteiger partial charge in [0.05, 0.1) is 17.0 Å². The quantitative estimate of drug-likeness (QED) is 0.352. The average Bonchev–Trinajstić information content (AvgIpc) is 3.05. The number of aryl methyl sites for hydroxylation is 1. The molecule has 4 aromatic rings. The zero-order chi connectivity index (χ0) is 21.8. The minimum absolute atomic E-state index is 0.199. The van der Waals surface area contributed by atoms with Crippen LogP contribution in [0.1, 0.15) is 17.5 Å². The van der Waals surface area contributed by atoms with Gasteiger partial charge in [0.25, 0.3) is 0 Å². The van der Waals surface area contributed by atoms with Gasteiger partial charge in [-0.25, -0.2) is 0 Å². The molecule has 31 heavy (non-hydrogen) atoms. The van der Waals surface area contributed by atoms with Crippen molar-refractivity contribution < 1.29 is 9.84 Å². The molecule has 5 heteroatoms. The fourth-order valence-corrected chi connectivity index (χ4v) is 4.08. The second-order valence-corrected chi connectivity index (χ2v) is 8.50. The van der Waals surface area contributed by atoms with Crippen molar-refractivity contribution in [2.45, 2.75) is 19.4 Å². The highest BCUT2D eigenvalue weighted by Gasteiger charge is 2.13. The highest BCUT2D eigenvalue weighted by atomic mass is 35.5. The summed E-state index contributed by atoms with van der Waals surface area (Å²) in [6, 6.07) is 21.7. The number of aromatic hydroxyl groups is 1. The Morgan fingerprint density at radius 1 is 0.935 bits per heavy atom. The van der Waals surface area contributed by atoms with Gasteiger partial charge in [-0.3, -0.25) is 0 Å². The molecule has 0 saturated heterocycles. The van der Waals surface area contributed by atoms with Crippen molar-refractivity contribution >= 4 is 22.4 Å². The third-order valence-corrected chi connectivity index (χ3v) is 5.60. The zero-order valence-corrected chi connectivity index (χ0v) is 18.6. The number of hydrogen-bond acceptors (Lipinski definition) is 3. The number of aromatic nitrogens is 1. The van der Waals surface area contributed by atoms with E-state index in [9.17, 15) is 5.11 Å². The summed E-state index contributed by atoms with van der Waals surface area (Å²) < 4.78 is 7.69. The number of benzene rings is 3. The molecule has 0 atom stereocenters. The van der Waals surface area contributed by atoms with Crippen molar-refractivity contribution in [3.8, 4) is 17.4 Å². The summed E-state index contributed by atoms with van der Waals surface area (Å²) in [6.45, 7) is 1.59. The van der Waals surface area contributed by atoms with Crippen molar-refractivity contribution in [1.82, 2.24) is 9.47 Å². The summed E-state index contributed by atoms with van der Waals surface area (Å²) in [5.74, 6) is 1.78. The Morgan fingerprint density at radius 2 is 1.65 bits per heavy atom. The topological polar surface area (TPSA) is 37.6 Å². The maximum atomic E-state index is 10.8. The van der Waals surface area contributed by atoms with E-state index in [1.165, 1.54) is 5.56 Å². The maximum Gasteiger partial charge on any atom is 0.200 e. The number of hydrogen-bond donors (Lipinski definition) is 1. The van der Waals surface area contributed by atoms with Gasteiger partial charge in [-0.1, -0.05) is 41.9 Å². The molecule has 0 saturated carbocycles. The summed E-state index contributed by atoms with van der Waals surface area (Å²) in [5, 5.41) is 13.0. The van der Waals surface area contributed by atoms with Gasteiger partial charge >= 0.3 is 0 Å². The van der Waals surface area contributed by atoms with Gasteiger partial charge in [0.2, 0.25) is 5.88 Å². The van der Waals surface area contributed by atoms with Gasteiger partial charge in [-0.15, -0.1) is 0 Å². The molecule has 0 aliphatic carbocycles. The van der Waals surface area contributed by atoms with Crippen LogP contribution >= 0.6 is 11.6 Å². The lowest BCUT2D eigenvalue weighted by Crippen LogP contribution is -2.13. The maximum absolute atomic E-state index is 10.8. The fraction of sp³-hybridized carbons (Fsp3) is 0.231. The number of fused-ring (bicyclic) bond motifs is 1. The number of nitrogens with zero attached hydrogens (tertiary/aromatic N) is 2. The van der Waals surface area contributed by atoms with Gasteiger partial charge in [-0.2, -0.15) is 0 Å². The molecule has 1 heterocycles. The summed E-state index contributed by atoms with van der Waals surface area (Å²) in [6.07, 6.45) is 4.00. The normalized spacial score (nSPS) is 11.4. The van der Waals surface area contributed by atoms with Crippen molar-refractivity contribution in [3.05, 3.63) is 89.1 Å². The van der Waals surface area contributed by atoms with E-state index >= 15 is 0 Å². The Kier molecular flexibility index (Phi) is 6.50. The van der Waals surface area contributed by atoms with Crippen LogP contribution in [0.15, 0.2) is 72.9 Å². The summed E-state index contributed by atoms with van der Waals surface area (Å²) in [4.78, 5) is 2.18. The van der Waals surface area contributed by atoms with Crippen LogP contribution in [-0.4, -0.2) is 35.2 Å². The first-order chi connectivity index (χ1) is 15.0. The van der Waals surface area contributed by atoms with Crippen LogP contribution in [0.25, 0.3) is 10.8 Å². The lowest BCUT2D eigenvalue weighted by Gasteiger charge is -2.09. The monoisotopic (exact) mass is 434 g/mol. The standard InChI is InChI=1S/C26H27ClN2O2/c1-28(2)14-6-7-20-15-21-18-29(26(30)25(21)24(27)16-20)17-19-10-12-23(13-11-19)31-22-8-4-3-5-9-22/h3-5,8-13,15-16,18,30H,6-7,14,17H2,1-2H3. The average molecular weight is 435 g/mol. The fourth-order valence-electron chi connectivity index (χ4n) is 3.75. The first-order valence-corrected chi connectivity index (χ1v) is 10.8. The van der Waals surface area contributed by atoms with E-state index in [0.29, 0.717) is 17.0 Å². The van der Waals surface area contributed by atoms with Crippen LogP contribution in [0.3, 0.4) is 0 Å². The predicted octanol–water partition coefficient (Wildman–Crippen LogP) is 6.34. The van der Waals surface area contributed by atoms with Gasteiger partial charge in [0.15, 0.2) is 0 Å². The summed E-state index contributed by atoms with van der Waals surface area (Å²) in [7, 11) is 4.16. The van der Waals surface area contributed by atoms with Gasteiger partial charge < -0.3 is 19.3 Å². The lowest BCUT2D eigenvalue weighted by molar-refractivity contribution is 0.400. The molecular formula is C26H27ClN2O2. The molecule has 0 amide bonds. The highest BCUT2D eigenvalue weighted by Crippen LogP contribution is 2.35. The second kappa shape index (κ2) is 9.46.